The fourth-order valence-corrected chi connectivity index (χ4v) is 1.20. The van der Waals surface area contributed by atoms with Crippen molar-refractivity contribution in [2.45, 2.75) is 6.42 Å². The van der Waals surface area contributed by atoms with Crippen LogP contribution in [-0.2, 0) is 9.59 Å². The van der Waals surface area contributed by atoms with Gasteiger partial charge in [0.2, 0.25) is 5.41 Å². The summed E-state index contributed by atoms with van der Waals surface area (Å²) in [6, 6.07) is 0. The molecule has 0 bridgehead atoms. The molecule has 76 valence electrons. The minimum absolute atomic E-state index is 0.396. The zero-order chi connectivity index (χ0) is 10.9. The van der Waals surface area contributed by atoms with E-state index in [0.717, 1.165) is 12.2 Å². The zero-order valence-corrected chi connectivity index (χ0v) is 6.97. The van der Waals surface area contributed by atoms with Crippen molar-refractivity contribution in [1.82, 2.24) is 0 Å². The van der Waals surface area contributed by atoms with E-state index in [9.17, 15) is 14.7 Å². The molecule has 1 aliphatic rings. The molecule has 1 rings (SSSR count). The predicted molar refractivity (Wildman–Crippen MR) is 43.7 cm³/mol. The van der Waals surface area contributed by atoms with Crippen molar-refractivity contribution in [1.29, 1.82) is 0 Å². The molecule has 0 spiro atoms. The van der Waals surface area contributed by atoms with Gasteiger partial charge >= 0.3 is 11.9 Å². The smallest absolute Gasteiger partial charge is 0.329 e. The predicted octanol–water partition coefficient (Wildman–Crippen LogP) is 0.430. The van der Waals surface area contributed by atoms with Crippen LogP contribution >= 0.6 is 0 Å². The topological polar surface area (TPSA) is 115 Å². The van der Waals surface area contributed by atoms with Gasteiger partial charge in [0, 0.05) is 6.42 Å². The Morgan fingerprint density at radius 3 is 2.00 bits per heavy atom. The van der Waals surface area contributed by atoms with E-state index in [1.807, 2.05) is 0 Å². The van der Waals surface area contributed by atoms with Crippen molar-refractivity contribution in [3.8, 4) is 0 Å². The third-order valence-corrected chi connectivity index (χ3v) is 2.05. The van der Waals surface area contributed by atoms with Crippen molar-refractivity contribution >= 4 is 11.9 Å². The van der Waals surface area contributed by atoms with Gasteiger partial charge in [-0.2, -0.15) is 0 Å². The number of carboxylic acid groups (broad SMARTS) is 2. The molecule has 6 nitrogen and oxygen atoms in total. The Morgan fingerprint density at radius 1 is 1.14 bits per heavy atom. The first-order chi connectivity index (χ1) is 6.41. The summed E-state index contributed by atoms with van der Waals surface area (Å²) < 4.78 is 0. The molecule has 0 aliphatic heterocycles. The van der Waals surface area contributed by atoms with Crippen LogP contribution in [0.1, 0.15) is 6.42 Å². The average Bonchev–Trinajstić information content (AvgIpc) is 2.08. The average molecular weight is 200 g/mol. The molecule has 1 aliphatic carbocycles. The number of carbonyl (C=O) groups is 2. The van der Waals surface area contributed by atoms with Gasteiger partial charge in [0.15, 0.2) is 0 Å². The highest BCUT2D eigenvalue weighted by molar-refractivity contribution is 6.01. The number of hydrogen-bond donors (Lipinski definition) is 4. The molecule has 0 unspecified atom stereocenters. The Labute approximate surface area is 78.4 Å². The van der Waals surface area contributed by atoms with Gasteiger partial charge in [0.1, 0.15) is 5.76 Å². The highest BCUT2D eigenvalue weighted by Crippen LogP contribution is 2.36. The lowest BCUT2D eigenvalue weighted by molar-refractivity contribution is -0.164. The zero-order valence-electron chi connectivity index (χ0n) is 6.97. The molecule has 0 fully saturated rings. The summed E-state index contributed by atoms with van der Waals surface area (Å²) in [5, 5.41) is 35.7. The lowest BCUT2D eigenvalue weighted by Crippen LogP contribution is -2.42. The number of aliphatic hydroxyl groups excluding tert-OH is 2. The molecule has 0 aromatic carbocycles. The second-order valence-corrected chi connectivity index (χ2v) is 2.90. The molecule has 0 saturated carbocycles. The van der Waals surface area contributed by atoms with Crippen molar-refractivity contribution < 1.29 is 30.0 Å². The van der Waals surface area contributed by atoms with Crippen LogP contribution in [0, 0.1) is 5.41 Å². The van der Waals surface area contributed by atoms with Crippen LogP contribution < -0.4 is 0 Å². The summed E-state index contributed by atoms with van der Waals surface area (Å²) in [5.41, 5.74) is -2.46. The van der Waals surface area contributed by atoms with Gasteiger partial charge in [-0.05, 0) is 12.2 Å². The number of aliphatic hydroxyl groups is 2. The fraction of sp³-hybridized carbons (Fsp3) is 0.250. The third-order valence-electron chi connectivity index (χ3n) is 2.05. The van der Waals surface area contributed by atoms with E-state index >= 15 is 0 Å². The van der Waals surface area contributed by atoms with Gasteiger partial charge in [-0.15, -0.1) is 0 Å². The molecule has 4 N–H and O–H groups in total. The fourth-order valence-electron chi connectivity index (χ4n) is 1.20. The van der Waals surface area contributed by atoms with Gasteiger partial charge in [-0.1, -0.05) is 0 Å². The first kappa shape index (κ1) is 10.1. The highest BCUT2D eigenvalue weighted by atomic mass is 16.4. The molecule has 0 amide bonds. The van der Waals surface area contributed by atoms with Crippen molar-refractivity contribution in [2.75, 3.05) is 0 Å². The molecular formula is C8H8O6. The second-order valence-electron chi connectivity index (χ2n) is 2.90. The molecule has 0 radical (unpaired) electrons. The van der Waals surface area contributed by atoms with Gasteiger partial charge in [-0.25, -0.2) is 0 Å². The lowest BCUT2D eigenvalue weighted by atomic mass is 9.79. The standard InChI is InChI=1S/C8H8O6/c9-4-1-2-5(10)8(3-4,6(11)12)7(13)14/h1-2,9-10H,3H2,(H,11,12)(H,13,14). The first-order valence-electron chi connectivity index (χ1n) is 3.67. The molecule has 0 aromatic rings. The monoisotopic (exact) mass is 200 g/mol. The molecule has 0 heterocycles. The summed E-state index contributed by atoms with van der Waals surface area (Å²) >= 11 is 0. The van der Waals surface area contributed by atoms with Gasteiger partial charge in [0.05, 0.1) is 5.76 Å². The Morgan fingerprint density at radius 2 is 1.64 bits per heavy atom. The molecule has 14 heavy (non-hydrogen) atoms. The van der Waals surface area contributed by atoms with Crippen LogP contribution in [-0.4, -0.2) is 32.4 Å². The van der Waals surface area contributed by atoms with Crippen LogP contribution in [0.5, 0.6) is 0 Å². The van der Waals surface area contributed by atoms with Crippen LogP contribution in [0.15, 0.2) is 23.7 Å². The van der Waals surface area contributed by atoms with Crippen molar-refractivity contribution in [3.05, 3.63) is 23.7 Å². The minimum atomic E-state index is -2.46. The normalized spacial score (nSPS) is 19.4. The maximum absolute atomic E-state index is 10.8. The van der Waals surface area contributed by atoms with Crippen LogP contribution in [0.3, 0.4) is 0 Å². The van der Waals surface area contributed by atoms with E-state index in [0.29, 0.717) is 0 Å². The SMILES string of the molecule is O=C(O)C1(C(=O)O)CC(O)=CC=C1O. The maximum Gasteiger partial charge on any atom is 0.329 e. The van der Waals surface area contributed by atoms with E-state index in [-0.39, 0.29) is 0 Å². The Bertz CT molecular complexity index is 337. The summed E-state index contributed by atoms with van der Waals surface area (Å²) in [7, 11) is 0. The van der Waals surface area contributed by atoms with Crippen LogP contribution in [0.4, 0.5) is 0 Å². The van der Waals surface area contributed by atoms with E-state index in [4.69, 9.17) is 15.3 Å². The number of allylic oxidation sites excluding steroid dienone is 3. The largest absolute Gasteiger partial charge is 0.512 e. The van der Waals surface area contributed by atoms with Crippen LogP contribution in [0.2, 0.25) is 0 Å². The second kappa shape index (κ2) is 3.06. The maximum atomic E-state index is 10.8. The molecule has 0 aromatic heterocycles. The number of carboxylic acids is 2. The van der Waals surface area contributed by atoms with Gasteiger partial charge < -0.3 is 20.4 Å². The van der Waals surface area contributed by atoms with Crippen molar-refractivity contribution in [3.63, 3.8) is 0 Å². The highest BCUT2D eigenvalue weighted by Gasteiger charge is 2.52. The lowest BCUT2D eigenvalue weighted by Gasteiger charge is -2.25. The van der Waals surface area contributed by atoms with Crippen LogP contribution in [0.25, 0.3) is 0 Å². The number of hydrogen-bond acceptors (Lipinski definition) is 4. The van der Waals surface area contributed by atoms with E-state index in [1.54, 1.807) is 0 Å². The first-order valence-corrected chi connectivity index (χ1v) is 3.67. The molecule has 0 atom stereocenters. The summed E-state index contributed by atoms with van der Waals surface area (Å²) in [6.07, 6.45) is 1.26. The summed E-state index contributed by atoms with van der Waals surface area (Å²) in [6.45, 7) is 0. The third kappa shape index (κ3) is 1.20. The Balaban J connectivity index is 3.27. The number of aliphatic carboxylic acids is 2. The number of rotatable bonds is 2. The molecule has 6 heteroatoms. The van der Waals surface area contributed by atoms with E-state index in [1.165, 1.54) is 0 Å². The quantitative estimate of drug-likeness (QED) is 0.480. The van der Waals surface area contributed by atoms with E-state index in [2.05, 4.69) is 0 Å². The Kier molecular flexibility index (Phi) is 2.21. The summed E-state index contributed by atoms with van der Waals surface area (Å²) in [4.78, 5) is 21.5. The van der Waals surface area contributed by atoms with Gasteiger partial charge in [-0.3, -0.25) is 9.59 Å². The Hall–Kier alpha value is -1.98. The van der Waals surface area contributed by atoms with Crippen molar-refractivity contribution in [2.24, 2.45) is 5.41 Å². The van der Waals surface area contributed by atoms with E-state index < -0.39 is 35.3 Å². The van der Waals surface area contributed by atoms with Gasteiger partial charge in [0.25, 0.3) is 0 Å². The summed E-state index contributed by atoms with van der Waals surface area (Å²) in [5.74, 6) is -4.61. The molecular weight excluding hydrogens is 192 g/mol. The molecule has 0 saturated heterocycles. The minimum Gasteiger partial charge on any atom is -0.512 e.